The summed E-state index contributed by atoms with van der Waals surface area (Å²) >= 11 is 4.00. The van der Waals surface area contributed by atoms with E-state index in [0.29, 0.717) is 17.1 Å². The molecular weight excluding hydrogens is 376 g/mol. The number of benzene rings is 1. The van der Waals surface area contributed by atoms with Gasteiger partial charge in [0.05, 0.1) is 10.5 Å². The van der Waals surface area contributed by atoms with E-state index >= 15 is 0 Å². The molecule has 1 aromatic carbocycles. The third kappa shape index (κ3) is 4.76. The maximum Gasteiger partial charge on any atom is 0.229 e. The van der Waals surface area contributed by atoms with Crippen LogP contribution in [0.2, 0.25) is 0 Å². The number of carbonyl (C=O) groups excluding carboxylic acids is 1. The molecule has 0 spiro atoms. The Morgan fingerprint density at radius 1 is 1.11 bits per heavy atom. The normalized spacial score (nSPS) is 21.0. The van der Waals surface area contributed by atoms with Crippen LogP contribution in [-0.2, 0) is 4.79 Å². The summed E-state index contributed by atoms with van der Waals surface area (Å²) in [4.78, 5) is 23.6. The lowest BCUT2D eigenvalue weighted by molar-refractivity contribution is -0.120. The van der Waals surface area contributed by atoms with Crippen LogP contribution in [0, 0.1) is 5.92 Å². The Kier molecular flexibility index (Phi) is 6.19. The summed E-state index contributed by atoms with van der Waals surface area (Å²) in [5.74, 6) is 3.20. The summed E-state index contributed by atoms with van der Waals surface area (Å²) in [5, 5.41) is 3.14. The highest BCUT2D eigenvalue weighted by Gasteiger charge is 2.27. The van der Waals surface area contributed by atoms with Crippen LogP contribution < -0.4 is 10.2 Å². The minimum Gasteiger partial charge on any atom is -0.340 e. The molecule has 0 bridgehead atoms. The molecule has 0 saturated carbocycles. The lowest BCUT2D eigenvalue weighted by atomic mass is 9.97. The van der Waals surface area contributed by atoms with Gasteiger partial charge in [0.1, 0.15) is 0 Å². The number of nitrogens with one attached hydrogen (secondary N) is 1. The number of hydrogen-bond donors (Lipinski definition) is 1. The van der Waals surface area contributed by atoms with E-state index in [1.54, 1.807) is 12.4 Å². The first-order valence-electron chi connectivity index (χ1n) is 9.45. The molecule has 2 aromatic rings. The fraction of sp³-hybridized carbons (Fsp3) is 0.450. The van der Waals surface area contributed by atoms with Crippen LogP contribution in [0.3, 0.4) is 0 Å². The molecular formula is C20H24N4OS2. The zero-order valence-corrected chi connectivity index (χ0v) is 16.8. The lowest BCUT2D eigenvalue weighted by Crippen LogP contribution is -2.41. The van der Waals surface area contributed by atoms with Gasteiger partial charge in [0.2, 0.25) is 11.9 Å². The molecule has 1 amide bonds. The zero-order chi connectivity index (χ0) is 18.5. The molecule has 2 aliphatic rings. The average Bonchev–Trinajstić information content (AvgIpc) is 2.75. The van der Waals surface area contributed by atoms with Gasteiger partial charge in [-0.05, 0) is 54.5 Å². The molecule has 2 saturated heterocycles. The van der Waals surface area contributed by atoms with Crippen molar-refractivity contribution in [2.24, 2.45) is 5.92 Å². The monoisotopic (exact) mass is 400 g/mol. The molecule has 1 aromatic heterocycles. The summed E-state index contributed by atoms with van der Waals surface area (Å²) < 4.78 is 0.482. The summed E-state index contributed by atoms with van der Waals surface area (Å²) in [7, 11) is 0. The van der Waals surface area contributed by atoms with Gasteiger partial charge in [-0.2, -0.15) is 0 Å². The van der Waals surface area contributed by atoms with Gasteiger partial charge in [0.25, 0.3) is 0 Å². The molecule has 1 unspecified atom stereocenters. The summed E-state index contributed by atoms with van der Waals surface area (Å²) in [6.07, 6.45) is 6.66. The van der Waals surface area contributed by atoms with Crippen molar-refractivity contribution in [2.75, 3.05) is 34.8 Å². The number of thioether (sulfide) groups is 2. The minimum absolute atomic E-state index is 0.0374. The summed E-state index contributed by atoms with van der Waals surface area (Å²) in [6, 6.07) is 10.1. The molecule has 2 aliphatic heterocycles. The summed E-state index contributed by atoms with van der Waals surface area (Å²) in [5.41, 5.74) is 2.20. The Labute approximate surface area is 168 Å². The number of piperidine rings is 1. The van der Waals surface area contributed by atoms with Crippen molar-refractivity contribution >= 4 is 41.1 Å². The minimum atomic E-state index is -0.0374. The first-order valence-corrected chi connectivity index (χ1v) is 11.6. The quantitative estimate of drug-likeness (QED) is 0.830. The SMILES string of the molecule is O=C(Nc1cccc(C2SCCCS2)c1)C1CCCN(c2ncccn2)C1. The zero-order valence-electron chi connectivity index (χ0n) is 15.2. The Bertz CT molecular complexity index is 768. The Hall–Kier alpha value is -1.73. The van der Waals surface area contributed by atoms with Gasteiger partial charge in [0, 0.05) is 31.2 Å². The van der Waals surface area contributed by atoms with Gasteiger partial charge < -0.3 is 10.2 Å². The van der Waals surface area contributed by atoms with Crippen molar-refractivity contribution < 1.29 is 4.79 Å². The topological polar surface area (TPSA) is 58.1 Å². The standard InChI is InChI=1S/C20H24N4OS2/c25-18(16-6-2-10-24(14-16)20-21-8-3-9-22-20)23-17-7-1-5-15(13-17)19-26-11-4-12-27-19/h1,3,5,7-9,13,16,19H,2,4,6,10-12,14H2,(H,23,25). The third-order valence-corrected chi connectivity index (χ3v) is 7.90. The molecule has 3 heterocycles. The van der Waals surface area contributed by atoms with Crippen LogP contribution >= 0.6 is 23.5 Å². The van der Waals surface area contributed by atoms with E-state index in [1.165, 1.54) is 23.5 Å². The number of rotatable bonds is 4. The predicted molar refractivity (Wildman–Crippen MR) is 114 cm³/mol. The second-order valence-electron chi connectivity index (χ2n) is 6.88. The van der Waals surface area contributed by atoms with Gasteiger partial charge in [-0.15, -0.1) is 23.5 Å². The average molecular weight is 401 g/mol. The molecule has 27 heavy (non-hydrogen) atoms. The van der Waals surface area contributed by atoms with E-state index in [0.717, 1.165) is 25.1 Å². The van der Waals surface area contributed by atoms with Crippen molar-refractivity contribution in [2.45, 2.75) is 23.8 Å². The Balaban J connectivity index is 1.40. The Morgan fingerprint density at radius 3 is 2.74 bits per heavy atom. The number of amides is 1. The van der Waals surface area contributed by atoms with Gasteiger partial charge in [-0.3, -0.25) is 4.79 Å². The van der Waals surface area contributed by atoms with E-state index in [9.17, 15) is 4.79 Å². The molecule has 142 valence electrons. The van der Waals surface area contributed by atoms with Crippen molar-refractivity contribution in [1.29, 1.82) is 0 Å². The van der Waals surface area contributed by atoms with Crippen LogP contribution in [0.1, 0.15) is 29.4 Å². The fourth-order valence-electron chi connectivity index (χ4n) is 3.51. The van der Waals surface area contributed by atoms with Gasteiger partial charge in [0.15, 0.2) is 0 Å². The molecule has 4 rings (SSSR count). The van der Waals surface area contributed by atoms with E-state index in [-0.39, 0.29) is 11.8 Å². The number of carbonyl (C=O) groups is 1. The van der Waals surface area contributed by atoms with Crippen LogP contribution in [0.5, 0.6) is 0 Å². The molecule has 0 aliphatic carbocycles. The van der Waals surface area contributed by atoms with E-state index < -0.39 is 0 Å². The van der Waals surface area contributed by atoms with Crippen LogP contribution in [0.15, 0.2) is 42.7 Å². The van der Waals surface area contributed by atoms with Gasteiger partial charge in [-0.25, -0.2) is 9.97 Å². The summed E-state index contributed by atoms with van der Waals surface area (Å²) in [6.45, 7) is 1.57. The first-order chi connectivity index (χ1) is 13.3. The number of anilines is 2. The van der Waals surface area contributed by atoms with Crippen molar-refractivity contribution in [3.63, 3.8) is 0 Å². The maximum absolute atomic E-state index is 12.8. The molecule has 5 nitrogen and oxygen atoms in total. The maximum atomic E-state index is 12.8. The van der Waals surface area contributed by atoms with E-state index in [2.05, 4.69) is 32.3 Å². The van der Waals surface area contributed by atoms with Crippen molar-refractivity contribution in [3.05, 3.63) is 48.3 Å². The smallest absolute Gasteiger partial charge is 0.229 e. The third-order valence-electron chi connectivity index (χ3n) is 4.88. The first kappa shape index (κ1) is 18.6. The highest BCUT2D eigenvalue weighted by atomic mass is 32.2. The van der Waals surface area contributed by atoms with Crippen molar-refractivity contribution in [3.8, 4) is 0 Å². The molecule has 1 N–H and O–H groups in total. The highest BCUT2D eigenvalue weighted by Crippen LogP contribution is 2.44. The molecule has 2 fully saturated rings. The Morgan fingerprint density at radius 2 is 1.93 bits per heavy atom. The second-order valence-corrected chi connectivity index (χ2v) is 9.60. The van der Waals surface area contributed by atoms with Crippen LogP contribution in [0.4, 0.5) is 11.6 Å². The second kappa shape index (κ2) is 8.97. The number of aromatic nitrogens is 2. The van der Waals surface area contributed by atoms with E-state index in [4.69, 9.17) is 0 Å². The molecule has 7 heteroatoms. The molecule has 1 atom stereocenters. The number of nitrogens with zero attached hydrogens (tertiary/aromatic N) is 3. The van der Waals surface area contributed by atoms with E-state index in [1.807, 2.05) is 41.7 Å². The highest BCUT2D eigenvalue weighted by molar-refractivity contribution is 8.16. The predicted octanol–water partition coefficient (Wildman–Crippen LogP) is 4.20. The fourth-order valence-corrected chi connectivity index (χ4v) is 6.39. The van der Waals surface area contributed by atoms with Crippen LogP contribution in [-0.4, -0.2) is 40.5 Å². The lowest BCUT2D eigenvalue weighted by Gasteiger charge is -2.32. The number of hydrogen-bond acceptors (Lipinski definition) is 6. The largest absolute Gasteiger partial charge is 0.340 e. The van der Waals surface area contributed by atoms with Gasteiger partial charge >= 0.3 is 0 Å². The van der Waals surface area contributed by atoms with Gasteiger partial charge in [-0.1, -0.05) is 12.1 Å². The van der Waals surface area contributed by atoms with Crippen LogP contribution in [0.25, 0.3) is 0 Å². The molecule has 0 radical (unpaired) electrons. The van der Waals surface area contributed by atoms with Crippen molar-refractivity contribution in [1.82, 2.24) is 9.97 Å².